The molecule has 2 nitrogen and oxygen atoms in total. The molecular weight excluding hydrogens is 174 g/mol. The molecule has 1 radical (unpaired) electrons. The first-order valence-electron chi connectivity index (χ1n) is 2.77. The SMILES string of the molecule is CP1(=O)CCC[CH-]O1.[V]. The topological polar surface area (TPSA) is 26.3 Å². The summed E-state index contributed by atoms with van der Waals surface area (Å²) in [4.78, 5) is 0. The van der Waals surface area contributed by atoms with Gasteiger partial charge in [0.2, 0.25) is 0 Å². The van der Waals surface area contributed by atoms with Crippen molar-refractivity contribution in [2.75, 3.05) is 12.8 Å². The smallest absolute Gasteiger partial charge is 0.170 e. The maximum Gasteiger partial charge on any atom is 0.170 e. The largest absolute Gasteiger partial charge is 0.506 e. The average Bonchev–Trinajstić information content (AvgIpc) is 1.65. The first-order chi connectivity index (χ1) is 3.71. The Morgan fingerprint density at radius 1 is 1.67 bits per heavy atom. The van der Waals surface area contributed by atoms with Gasteiger partial charge in [0.05, 0.1) is 0 Å². The molecular formula is C5H10O2PV-. The molecule has 1 saturated heterocycles. The Morgan fingerprint density at radius 3 is 2.56 bits per heavy atom. The summed E-state index contributed by atoms with van der Waals surface area (Å²) in [5, 5.41) is 0. The fraction of sp³-hybridized carbons (Fsp3) is 0.800. The van der Waals surface area contributed by atoms with Crippen molar-refractivity contribution < 1.29 is 27.6 Å². The summed E-state index contributed by atoms with van der Waals surface area (Å²) in [5.74, 6) is 0. The van der Waals surface area contributed by atoms with Gasteiger partial charge in [0, 0.05) is 31.4 Å². The maximum absolute atomic E-state index is 11.0. The molecule has 0 N–H and O–H groups in total. The molecule has 0 aromatic carbocycles. The van der Waals surface area contributed by atoms with E-state index in [1.54, 1.807) is 13.3 Å². The zero-order chi connectivity index (χ0) is 6.04. The fourth-order valence-corrected chi connectivity index (χ4v) is 2.01. The Balaban J connectivity index is 0.000000640. The van der Waals surface area contributed by atoms with E-state index in [1.807, 2.05) is 0 Å². The number of rotatable bonds is 0. The van der Waals surface area contributed by atoms with Crippen LogP contribution in [0.2, 0.25) is 0 Å². The summed E-state index contributed by atoms with van der Waals surface area (Å²) in [7, 11) is -2.14. The monoisotopic (exact) mass is 184 g/mol. The first kappa shape index (κ1) is 9.77. The molecule has 0 aromatic heterocycles. The van der Waals surface area contributed by atoms with E-state index in [9.17, 15) is 4.57 Å². The molecule has 0 spiro atoms. The van der Waals surface area contributed by atoms with Gasteiger partial charge in [-0.05, 0) is 0 Å². The minimum absolute atomic E-state index is 0. The molecule has 1 aliphatic rings. The van der Waals surface area contributed by atoms with Crippen LogP contribution in [0.3, 0.4) is 0 Å². The van der Waals surface area contributed by atoms with Crippen LogP contribution in [0.1, 0.15) is 12.8 Å². The van der Waals surface area contributed by atoms with E-state index in [0.29, 0.717) is 0 Å². The predicted molar refractivity (Wildman–Crippen MR) is 33.0 cm³/mol. The minimum atomic E-state index is -2.14. The van der Waals surface area contributed by atoms with Gasteiger partial charge in [0.15, 0.2) is 7.37 Å². The Morgan fingerprint density at radius 2 is 2.33 bits per heavy atom. The number of hydrogen-bond acceptors (Lipinski definition) is 2. The molecule has 53 valence electrons. The molecule has 9 heavy (non-hydrogen) atoms. The van der Waals surface area contributed by atoms with Gasteiger partial charge in [-0.3, -0.25) is 4.57 Å². The third kappa shape index (κ3) is 3.47. The molecule has 1 heterocycles. The van der Waals surface area contributed by atoms with E-state index in [2.05, 4.69) is 0 Å². The van der Waals surface area contributed by atoms with Crippen LogP contribution in [0.15, 0.2) is 0 Å². The van der Waals surface area contributed by atoms with Gasteiger partial charge in [-0.2, -0.15) is 6.42 Å². The average molecular weight is 184 g/mol. The van der Waals surface area contributed by atoms with Crippen molar-refractivity contribution >= 4 is 7.37 Å². The van der Waals surface area contributed by atoms with Crippen molar-refractivity contribution in [2.24, 2.45) is 0 Å². The molecule has 0 saturated carbocycles. The molecule has 0 amide bonds. The summed E-state index contributed by atoms with van der Waals surface area (Å²) in [6.07, 6.45) is 2.73. The number of hydrogen-bond donors (Lipinski definition) is 0. The van der Waals surface area contributed by atoms with E-state index in [-0.39, 0.29) is 18.6 Å². The van der Waals surface area contributed by atoms with Crippen LogP contribution >= 0.6 is 7.37 Å². The van der Waals surface area contributed by atoms with Crippen molar-refractivity contribution in [1.29, 1.82) is 0 Å². The van der Waals surface area contributed by atoms with Gasteiger partial charge in [0.25, 0.3) is 0 Å². The second-order valence-corrected chi connectivity index (χ2v) is 4.84. The van der Waals surface area contributed by atoms with Crippen LogP contribution in [-0.2, 0) is 27.6 Å². The van der Waals surface area contributed by atoms with Gasteiger partial charge in [-0.1, -0.05) is 6.42 Å². The molecule has 1 unspecified atom stereocenters. The van der Waals surface area contributed by atoms with Gasteiger partial charge in [-0.25, -0.2) is 6.61 Å². The summed E-state index contributed by atoms with van der Waals surface area (Å²) in [6, 6.07) is 0. The van der Waals surface area contributed by atoms with Crippen LogP contribution in [0.5, 0.6) is 0 Å². The molecule has 0 aromatic rings. The van der Waals surface area contributed by atoms with Gasteiger partial charge in [0.1, 0.15) is 0 Å². The van der Waals surface area contributed by atoms with E-state index >= 15 is 0 Å². The summed E-state index contributed by atoms with van der Waals surface area (Å²) in [6.45, 7) is 3.34. The van der Waals surface area contributed by atoms with Crippen molar-refractivity contribution in [2.45, 2.75) is 12.8 Å². The zero-order valence-electron chi connectivity index (χ0n) is 5.41. The molecule has 1 atom stereocenters. The van der Waals surface area contributed by atoms with Crippen LogP contribution < -0.4 is 0 Å². The van der Waals surface area contributed by atoms with Crippen LogP contribution in [-0.4, -0.2) is 12.8 Å². The fourth-order valence-electron chi connectivity index (χ4n) is 0.725. The van der Waals surface area contributed by atoms with Crippen LogP contribution in [0, 0.1) is 6.61 Å². The van der Waals surface area contributed by atoms with Crippen molar-refractivity contribution in [3.05, 3.63) is 6.61 Å². The molecule has 0 bridgehead atoms. The standard InChI is InChI=1S/C5H10O2P.V/c1-8(6)5-3-2-4-7-8;/h4H,2-3,5H2,1H3;/q-1;. The van der Waals surface area contributed by atoms with E-state index in [0.717, 1.165) is 19.0 Å². The van der Waals surface area contributed by atoms with E-state index < -0.39 is 7.37 Å². The Bertz CT molecular complexity index is 116. The third-order valence-corrected chi connectivity index (χ3v) is 2.91. The Labute approximate surface area is 67.7 Å². The van der Waals surface area contributed by atoms with Gasteiger partial charge < -0.3 is 4.52 Å². The Kier molecular flexibility index (Phi) is 4.15. The van der Waals surface area contributed by atoms with Crippen molar-refractivity contribution in [3.63, 3.8) is 0 Å². The second kappa shape index (κ2) is 3.83. The summed E-state index contributed by atoms with van der Waals surface area (Å²) in [5.41, 5.74) is 0. The molecule has 4 heteroatoms. The van der Waals surface area contributed by atoms with Crippen LogP contribution in [0.25, 0.3) is 0 Å². The zero-order valence-corrected chi connectivity index (χ0v) is 7.70. The van der Waals surface area contributed by atoms with E-state index in [1.165, 1.54) is 0 Å². The van der Waals surface area contributed by atoms with Crippen molar-refractivity contribution in [1.82, 2.24) is 0 Å². The van der Waals surface area contributed by atoms with Gasteiger partial charge in [-0.15, -0.1) is 0 Å². The van der Waals surface area contributed by atoms with Gasteiger partial charge >= 0.3 is 0 Å². The maximum atomic E-state index is 11.0. The first-order valence-corrected chi connectivity index (χ1v) is 5.03. The quantitative estimate of drug-likeness (QED) is 0.424. The van der Waals surface area contributed by atoms with Crippen molar-refractivity contribution in [3.8, 4) is 0 Å². The molecule has 1 rings (SSSR count). The third-order valence-electron chi connectivity index (χ3n) is 1.18. The predicted octanol–water partition coefficient (Wildman–Crippen LogP) is 1.86. The molecule has 1 fully saturated rings. The van der Waals surface area contributed by atoms with E-state index in [4.69, 9.17) is 4.52 Å². The summed E-state index contributed by atoms with van der Waals surface area (Å²) < 4.78 is 15.9. The minimum Gasteiger partial charge on any atom is -0.506 e. The van der Waals surface area contributed by atoms with Crippen LogP contribution in [0.4, 0.5) is 0 Å². The summed E-state index contributed by atoms with van der Waals surface area (Å²) >= 11 is 0. The second-order valence-electron chi connectivity index (χ2n) is 2.15. The molecule has 1 aliphatic heterocycles. The molecule has 0 aliphatic carbocycles. The Hall–Kier alpha value is 0.774. The normalized spacial score (nSPS) is 35.2.